The van der Waals surface area contributed by atoms with Crippen molar-refractivity contribution in [2.45, 2.75) is 53.6 Å². The Morgan fingerprint density at radius 1 is 1.35 bits per heavy atom. The topological polar surface area (TPSA) is 41.3 Å². The van der Waals surface area contributed by atoms with Crippen LogP contribution in [0, 0.1) is 11.3 Å². The summed E-state index contributed by atoms with van der Waals surface area (Å²) in [6, 6.07) is 2.09. The fourth-order valence-corrected chi connectivity index (χ4v) is 2.54. The van der Waals surface area contributed by atoms with E-state index in [9.17, 15) is 0 Å². The molecule has 0 radical (unpaired) electrons. The van der Waals surface area contributed by atoms with Crippen LogP contribution in [0.15, 0.2) is 10.6 Å². The molecule has 0 atom stereocenters. The molecule has 2 rings (SSSR count). The zero-order chi connectivity index (χ0) is 14.6. The third-order valence-electron chi connectivity index (χ3n) is 4.06. The second kappa shape index (κ2) is 6.72. The molecule has 0 bridgehead atoms. The second-order valence-electron chi connectivity index (χ2n) is 7.25. The Morgan fingerprint density at radius 3 is 2.70 bits per heavy atom. The summed E-state index contributed by atoms with van der Waals surface area (Å²) in [5, 5.41) is 7.54. The lowest BCUT2D eigenvalue weighted by molar-refractivity contribution is 0.117. The van der Waals surface area contributed by atoms with Crippen molar-refractivity contribution in [3.63, 3.8) is 0 Å². The lowest BCUT2D eigenvalue weighted by Crippen LogP contribution is -2.36. The molecule has 114 valence electrons. The predicted molar refractivity (Wildman–Crippen MR) is 81.3 cm³/mol. The molecule has 20 heavy (non-hydrogen) atoms. The molecular weight excluding hydrogens is 250 g/mol. The van der Waals surface area contributed by atoms with Gasteiger partial charge in [0.15, 0.2) is 5.76 Å². The van der Waals surface area contributed by atoms with Crippen molar-refractivity contribution in [1.82, 2.24) is 15.4 Å². The van der Waals surface area contributed by atoms with Crippen LogP contribution in [-0.4, -0.2) is 29.7 Å². The first-order valence-corrected chi connectivity index (χ1v) is 7.82. The van der Waals surface area contributed by atoms with Crippen molar-refractivity contribution in [2.75, 3.05) is 19.6 Å². The minimum Gasteiger partial charge on any atom is -0.360 e. The minimum atomic E-state index is 0.504. The number of hydrogen-bond donors (Lipinski definition) is 1. The molecule has 0 spiro atoms. The van der Waals surface area contributed by atoms with E-state index in [1.807, 2.05) is 0 Å². The first-order chi connectivity index (χ1) is 9.44. The lowest BCUT2D eigenvalue weighted by Gasteiger charge is -2.36. The number of piperidine rings is 1. The van der Waals surface area contributed by atoms with Gasteiger partial charge in [0.1, 0.15) is 0 Å². The third-order valence-corrected chi connectivity index (χ3v) is 4.06. The van der Waals surface area contributed by atoms with Crippen molar-refractivity contribution in [1.29, 1.82) is 0 Å². The molecule has 0 aliphatic carbocycles. The van der Waals surface area contributed by atoms with Gasteiger partial charge in [-0.3, -0.25) is 4.90 Å². The Kier molecular flexibility index (Phi) is 5.22. The standard InChI is InChI=1S/C16H29N3O/c1-13(2)10-17-11-14-9-15(20-18-14)12-19-7-5-16(3,4)6-8-19/h9,13,17H,5-8,10-12H2,1-4H3. The zero-order valence-corrected chi connectivity index (χ0v) is 13.4. The zero-order valence-electron chi connectivity index (χ0n) is 13.4. The second-order valence-corrected chi connectivity index (χ2v) is 7.25. The molecule has 4 nitrogen and oxygen atoms in total. The van der Waals surface area contributed by atoms with Crippen LogP contribution in [-0.2, 0) is 13.1 Å². The summed E-state index contributed by atoms with van der Waals surface area (Å²) in [4.78, 5) is 2.47. The Bertz CT molecular complexity index is 402. The molecule has 1 aliphatic heterocycles. The van der Waals surface area contributed by atoms with Gasteiger partial charge in [0.2, 0.25) is 0 Å². The Hall–Kier alpha value is -0.870. The van der Waals surface area contributed by atoms with Crippen LogP contribution in [0.1, 0.15) is 52.0 Å². The molecular formula is C16H29N3O. The average molecular weight is 279 g/mol. The molecule has 1 saturated heterocycles. The molecule has 1 N–H and O–H groups in total. The van der Waals surface area contributed by atoms with E-state index < -0.39 is 0 Å². The summed E-state index contributed by atoms with van der Waals surface area (Å²) >= 11 is 0. The molecule has 0 unspecified atom stereocenters. The fourth-order valence-electron chi connectivity index (χ4n) is 2.54. The highest BCUT2D eigenvalue weighted by Crippen LogP contribution is 2.30. The maximum atomic E-state index is 5.45. The Balaban J connectivity index is 1.75. The van der Waals surface area contributed by atoms with E-state index in [1.165, 1.54) is 12.8 Å². The van der Waals surface area contributed by atoms with Gasteiger partial charge in [-0.15, -0.1) is 0 Å². The number of nitrogens with zero attached hydrogens (tertiary/aromatic N) is 2. The van der Waals surface area contributed by atoms with Gasteiger partial charge >= 0.3 is 0 Å². The highest BCUT2D eigenvalue weighted by molar-refractivity contribution is 5.05. The first kappa shape index (κ1) is 15.5. The van der Waals surface area contributed by atoms with E-state index in [1.54, 1.807) is 0 Å². The van der Waals surface area contributed by atoms with E-state index in [-0.39, 0.29) is 0 Å². The molecule has 0 saturated carbocycles. The van der Waals surface area contributed by atoms with E-state index in [4.69, 9.17) is 4.52 Å². The number of aromatic nitrogens is 1. The summed E-state index contributed by atoms with van der Waals surface area (Å²) in [5.74, 6) is 1.66. The predicted octanol–water partition coefficient (Wildman–Crippen LogP) is 3.04. The Morgan fingerprint density at radius 2 is 2.05 bits per heavy atom. The van der Waals surface area contributed by atoms with Gasteiger partial charge in [0.25, 0.3) is 0 Å². The van der Waals surface area contributed by atoms with Crippen LogP contribution in [0.2, 0.25) is 0 Å². The normalized spacial score (nSPS) is 19.6. The van der Waals surface area contributed by atoms with Crippen LogP contribution in [0.25, 0.3) is 0 Å². The Labute approximate surface area is 122 Å². The van der Waals surface area contributed by atoms with Crippen LogP contribution < -0.4 is 5.32 Å². The van der Waals surface area contributed by atoms with Crippen molar-refractivity contribution >= 4 is 0 Å². The fraction of sp³-hybridized carbons (Fsp3) is 0.812. The maximum Gasteiger partial charge on any atom is 0.151 e. The molecule has 2 heterocycles. The molecule has 1 fully saturated rings. The van der Waals surface area contributed by atoms with Crippen LogP contribution in [0.3, 0.4) is 0 Å². The smallest absolute Gasteiger partial charge is 0.151 e. The number of nitrogens with one attached hydrogen (secondary N) is 1. The van der Waals surface area contributed by atoms with Crippen molar-refractivity contribution in [2.24, 2.45) is 11.3 Å². The van der Waals surface area contributed by atoms with E-state index in [0.29, 0.717) is 11.3 Å². The molecule has 1 aliphatic rings. The maximum absolute atomic E-state index is 5.45. The van der Waals surface area contributed by atoms with E-state index >= 15 is 0 Å². The van der Waals surface area contributed by atoms with Crippen LogP contribution in [0.5, 0.6) is 0 Å². The summed E-state index contributed by atoms with van der Waals surface area (Å²) in [6.07, 6.45) is 2.54. The van der Waals surface area contributed by atoms with Gasteiger partial charge in [-0.2, -0.15) is 0 Å². The van der Waals surface area contributed by atoms with Crippen LogP contribution in [0.4, 0.5) is 0 Å². The average Bonchev–Trinajstić information content (AvgIpc) is 2.79. The van der Waals surface area contributed by atoms with Crippen molar-refractivity contribution < 1.29 is 4.52 Å². The largest absolute Gasteiger partial charge is 0.360 e. The first-order valence-electron chi connectivity index (χ1n) is 7.82. The summed E-state index contributed by atoms with van der Waals surface area (Å²) in [5.41, 5.74) is 1.52. The SMILES string of the molecule is CC(C)CNCc1cc(CN2CCC(C)(C)CC2)on1. The third kappa shape index (κ3) is 4.91. The van der Waals surface area contributed by atoms with Crippen molar-refractivity contribution in [3.05, 3.63) is 17.5 Å². The highest BCUT2D eigenvalue weighted by Gasteiger charge is 2.25. The van der Waals surface area contributed by atoms with E-state index in [2.05, 4.69) is 49.1 Å². The lowest BCUT2D eigenvalue weighted by atomic mass is 9.83. The monoisotopic (exact) mass is 279 g/mol. The quantitative estimate of drug-likeness (QED) is 0.869. The number of rotatable bonds is 6. The van der Waals surface area contributed by atoms with Gasteiger partial charge in [-0.05, 0) is 43.8 Å². The molecule has 1 aromatic rings. The minimum absolute atomic E-state index is 0.504. The van der Waals surface area contributed by atoms with Gasteiger partial charge in [-0.1, -0.05) is 32.9 Å². The summed E-state index contributed by atoms with van der Waals surface area (Å²) in [6.45, 7) is 14.2. The van der Waals surface area contributed by atoms with Crippen LogP contribution >= 0.6 is 0 Å². The number of likely N-dealkylation sites (tertiary alicyclic amines) is 1. The summed E-state index contributed by atoms with van der Waals surface area (Å²) in [7, 11) is 0. The number of hydrogen-bond acceptors (Lipinski definition) is 4. The molecule has 0 aromatic carbocycles. The van der Waals surface area contributed by atoms with Crippen molar-refractivity contribution in [3.8, 4) is 0 Å². The highest BCUT2D eigenvalue weighted by atomic mass is 16.5. The van der Waals surface area contributed by atoms with E-state index in [0.717, 1.165) is 44.2 Å². The van der Waals surface area contributed by atoms with Gasteiger partial charge in [0, 0.05) is 12.6 Å². The molecule has 1 aromatic heterocycles. The molecule has 4 heteroatoms. The van der Waals surface area contributed by atoms with Gasteiger partial charge in [0.05, 0.1) is 12.2 Å². The van der Waals surface area contributed by atoms with Gasteiger partial charge < -0.3 is 9.84 Å². The molecule has 0 amide bonds. The van der Waals surface area contributed by atoms with Gasteiger partial charge in [-0.25, -0.2) is 0 Å². The summed E-state index contributed by atoms with van der Waals surface area (Å²) < 4.78 is 5.45.